The molecule has 8 heteroatoms. The minimum Gasteiger partial charge on any atom is -0.497 e. The number of ether oxygens (including phenoxy) is 1. The van der Waals surface area contributed by atoms with Gasteiger partial charge in [-0.1, -0.05) is 36.4 Å². The maximum Gasteiger partial charge on any atom is 0.251 e. The van der Waals surface area contributed by atoms with Crippen LogP contribution in [0.25, 0.3) is 0 Å². The largest absolute Gasteiger partial charge is 0.497 e. The van der Waals surface area contributed by atoms with Crippen LogP contribution < -0.4 is 15.4 Å². The molecule has 0 spiro atoms. The number of halogens is 1. The van der Waals surface area contributed by atoms with Gasteiger partial charge >= 0.3 is 0 Å². The van der Waals surface area contributed by atoms with Crippen LogP contribution in [0.2, 0.25) is 0 Å². The standard InChI is InChI=1S/C23H31N5O2.HI/c1-24-23(26-12-11-25-22(29)20-9-6-10-21(17-20)30-2)28-15-13-27(14-16-28)18-19-7-4-3-5-8-19;/h3-10,17H,11-16,18H2,1-2H3,(H,24,26)(H,25,29);1H. The smallest absolute Gasteiger partial charge is 0.251 e. The number of hydrogen-bond acceptors (Lipinski definition) is 4. The van der Waals surface area contributed by atoms with E-state index in [1.54, 1.807) is 26.3 Å². The first kappa shape index (κ1) is 24.9. The number of carbonyl (C=O) groups is 1. The van der Waals surface area contributed by atoms with Gasteiger partial charge in [-0.15, -0.1) is 24.0 Å². The zero-order valence-electron chi connectivity index (χ0n) is 18.2. The molecule has 3 rings (SSSR count). The van der Waals surface area contributed by atoms with Crippen molar-refractivity contribution >= 4 is 35.8 Å². The summed E-state index contributed by atoms with van der Waals surface area (Å²) in [5.41, 5.74) is 1.94. The Morgan fingerprint density at radius 1 is 1.00 bits per heavy atom. The molecule has 0 bridgehead atoms. The van der Waals surface area contributed by atoms with Gasteiger partial charge in [0.25, 0.3) is 5.91 Å². The summed E-state index contributed by atoms with van der Waals surface area (Å²) < 4.78 is 5.17. The Kier molecular flexibility index (Phi) is 10.6. The Labute approximate surface area is 201 Å². The quantitative estimate of drug-likeness (QED) is 0.246. The predicted molar refractivity (Wildman–Crippen MR) is 135 cm³/mol. The van der Waals surface area contributed by atoms with E-state index >= 15 is 0 Å². The number of nitrogens with one attached hydrogen (secondary N) is 2. The Balaban J connectivity index is 0.00000341. The summed E-state index contributed by atoms with van der Waals surface area (Å²) in [6.45, 7) is 5.99. The molecule has 0 unspecified atom stereocenters. The maximum absolute atomic E-state index is 12.3. The van der Waals surface area contributed by atoms with Crippen molar-refractivity contribution in [3.8, 4) is 5.75 Å². The maximum atomic E-state index is 12.3. The number of amides is 1. The van der Waals surface area contributed by atoms with Crippen LogP contribution in [0.5, 0.6) is 5.75 Å². The molecule has 0 atom stereocenters. The summed E-state index contributed by atoms with van der Waals surface area (Å²) in [5, 5.41) is 6.28. The highest BCUT2D eigenvalue weighted by Gasteiger charge is 2.19. The molecule has 7 nitrogen and oxygen atoms in total. The van der Waals surface area contributed by atoms with E-state index in [1.165, 1.54) is 5.56 Å². The van der Waals surface area contributed by atoms with Crippen molar-refractivity contribution in [1.82, 2.24) is 20.4 Å². The summed E-state index contributed by atoms with van der Waals surface area (Å²) in [7, 11) is 3.39. The van der Waals surface area contributed by atoms with Crippen molar-refractivity contribution in [2.45, 2.75) is 6.54 Å². The molecule has 0 saturated carbocycles. The first-order chi connectivity index (χ1) is 14.7. The molecule has 31 heavy (non-hydrogen) atoms. The molecule has 1 heterocycles. The fourth-order valence-corrected chi connectivity index (χ4v) is 3.51. The normalized spacial score (nSPS) is 14.5. The molecule has 1 aliphatic rings. The molecule has 168 valence electrons. The van der Waals surface area contributed by atoms with Gasteiger partial charge in [0, 0.05) is 58.4 Å². The highest BCUT2D eigenvalue weighted by Crippen LogP contribution is 2.12. The summed E-state index contributed by atoms with van der Waals surface area (Å²) >= 11 is 0. The first-order valence-electron chi connectivity index (χ1n) is 10.3. The van der Waals surface area contributed by atoms with Crippen LogP contribution in [0.15, 0.2) is 59.6 Å². The molecule has 0 radical (unpaired) electrons. The van der Waals surface area contributed by atoms with E-state index in [9.17, 15) is 4.79 Å². The highest BCUT2D eigenvalue weighted by molar-refractivity contribution is 14.0. The van der Waals surface area contributed by atoms with Crippen molar-refractivity contribution in [1.29, 1.82) is 0 Å². The van der Waals surface area contributed by atoms with Gasteiger partial charge in [0.05, 0.1) is 7.11 Å². The van der Waals surface area contributed by atoms with Crippen molar-refractivity contribution in [3.63, 3.8) is 0 Å². The molecule has 1 saturated heterocycles. The number of aliphatic imine (C=N–C) groups is 1. The Hall–Kier alpha value is -2.33. The second kappa shape index (κ2) is 13.2. The van der Waals surface area contributed by atoms with E-state index in [4.69, 9.17) is 4.74 Å². The zero-order valence-corrected chi connectivity index (χ0v) is 20.5. The number of rotatable bonds is 7. The fraction of sp³-hybridized carbons (Fsp3) is 0.391. The van der Waals surface area contributed by atoms with Gasteiger partial charge in [0.1, 0.15) is 5.75 Å². The van der Waals surface area contributed by atoms with E-state index in [-0.39, 0.29) is 29.9 Å². The minimum absolute atomic E-state index is 0. The van der Waals surface area contributed by atoms with Crippen LogP contribution in [0.4, 0.5) is 0 Å². The Bertz CT molecular complexity index is 839. The molecule has 0 aliphatic carbocycles. The third-order valence-electron chi connectivity index (χ3n) is 5.16. The topological polar surface area (TPSA) is 69.2 Å². The molecule has 1 fully saturated rings. The van der Waals surface area contributed by atoms with E-state index in [2.05, 4.69) is 55.8 Å². The number of guanidine groups is 1. The van der Waals surface area contributed by atoms with Crippen molar-refractivity contribution in [2.75, 3.05) is 53.4 Å². The highest BCUT2D eigenvalue weighted by atomic mass is 127. The SMILES string of the molecule is CN=C(NCCNC(=O)c1cccc(OC)c1)N1CCN(Cc2ccccc2)CC1.I. The molecule has 2 aromatic rings. The summed E-state index contributed by atoms with van der Waals surface area (Å²) in [6.07, 6.45) is 0. The lowest BCUT2D eigenvalue weighted by atomic mass is 10.2. The average Bonchev–Trinajstić information content (AvgIpc) is 2.80. The average molecular weight is 537 g/mol. The van der Waals surface area contributed by atoms with Crippen LogP contribution in [0.3, 0.4) is 0 Å². The number of carbonyl (C=O) groups excluding carboxylic acids is 1. The zero-order chi connectivity index (χ0) is 21.2. The molecule has 1 amide bonds. The molecular formula is C23H32IN5O2. The number of nitrogens with zero attached hydrogens (tertiary/aromatic N) is 3. The lowest BCUT2D eigenvalue weighted by Crippen LogP contribution is -2.52. The molecule has 1 aliphatic heterocycles. The van der Waals surface area contributed by atoms with Crippen LogP contribution in [-0.4, -0.2) is 75.1 Å². The second-order valence-corrected chi connectivity index (χ2v) is 7.21. The van der Waals surface area contributed by atoms with Crippen LogP contribution in [0.1, 0.15) is 15.9 Å². The minimum atomic E-state index is -0.111. The number of benzene rings is 2. The monoisotopic (exact) mass is 537 g/mol. The van der Waals surface area contributed by atoms with Crippen LogP contribution in [0, 0.1) is 0 Å². The fourth-order valence-electron chi connectivity index (χ4n) is 3.51. The molecule has 2 N–H and O–H groups in total. The summed E-state index contributed by atoms with van der Waals surface area (Å²) in [5.74, 6) is 1.44. The third kappa shape index (κ3) is 7.70. The second-order valence-electron chi connectivity index (χ2n) is 7.21. The summed E-state index contributed by atoms with van der Waals surface area (Å²) in [4.78, 5) is 21.4. The van der Waals surface area contributed by atoms with Gasteiger partial charge in [0.15, 0.2) is 5.96 Å². The van der Waals surface area contributed by atoms with E-state index in [1.807, 2.05) is 12.1 Å². The van der Waals surface area contributed by atoms with E-state index < -0.39 is 0 Å². The van der Waals surface area contributed by atoms with E-state index in [0.29, 0.717) is 24.4 Å². The Morgan fingerprint density at radius 3 is 2.39 bits per heavy atom. The predicted octanol–water partition coefficient (Wildman–Crippen LogP) is 2.44. The van der Waals surface area contributed by atoms with Crippen molar-refractivity contribution < 1.29 is 9.53 Å². The van der Waals surface area contributed by atoms with Gasteiger partial charge in [-0.25, -0.2) is 0 Å². The molecular weight excluding hydrogens is 505 g/mol. The van der Waals surface area contributed by atoms with Crippen LogP contribution in [-0.2, 0) is 6.54 Å². The van der Waals surface area contributed by atoms with E-state index in [0.717, 1.165) is 38.7 Å². The van der Waals surface area contributed by atoms with Gasteiger partial charge in [-0.3, -0.25) is 14.7 Å². The number of hydrogen-bond donors (Lipinski definition) is 2. The van der Waals surface area contributed by atoms with Gasteiger partial charge in [-0.05, 0) is 23.8 Å². The molecule has 0 aromatic heterocycles. The van der Waals surface area contributed by atoms with Gasteiger partial charge < -0.3 is 20.3 Å². The summed E-state index contributed by atoms with van der Waals surface area (Å²) in [6, 6.07) is 17.7. The van der Waals surface area contributed by atoms with Crippen molar-refractivity contribution in [3.05, 3.63) is 65.7 Å². The lowest BCUT2D eigenvalue weighted by Gasteiger charge is -2.36. The first-order valence-corrected chi connectivity index (χ1v) is 10.3. The molecule has 2 aromatic carbocycles. The van der Waals surface area contributed by atoms with Gasteiger partial charge in [0.2, 0.25) is 0 Å². The van der Waals surface area contributed by atoms with Gasteiger partial charge in [-0.2, -0.15) is 0 Å². The number of piperazine rings is 1. The van der Waals surface area contributed by atoms with Crippen molar-refractivity contribution in [2.24, 2.45) is 4.99 Å². The lowest BCUT2D eigenvalue weighted by molar-refractivity contribution is 0.0954. The third-order valence-corrected chi connectivity index (χ3v) is 5.16. The van der Waals surface area contributed by atoms with Crippen LogP contribution >= 0.6 is 24.0 Å². The number of methoxy groups -OCH3 is 1. The Morgan fingerprint density at radius 2 is 1.71 bits per heavy atom.